The summed E-state index contributed by atoms with van der Waals surface area (Å²) >= 11 is 0. The van der Waals surface area contributed by atoms with E-state index in [1.165, 1.54) is 19.3 Å². The van der Waals surface area contributed by atoms with Gasteiger partial charge in [0.2, 0.25) is 0 Å². The van der Waals surface area contributed by atoms with Gasteiger partial charge in [0, 0.05) is 11.6 Å². The van der Waals surface area contributed by atoms with E-state index in [9.17, 15) is 4.79 Å². The first-order valence-electron chi connectivity index (χ1n) is 7.33. The van der Waals surface area contributed by atoms with E-state index in [4.69, 9.17) is 9.84 Å². The van der Waals surface area contributed by atoms with Gasteiger partial charge in [0.1, 0.15) is 12.4 Å². The van der Waals surface area contributed by atoms with E-state index < -0.39 is 0 Å². The second-order valence-corrected chi connectivity index (χ2v) is 5.18. The lowest BCUT2D eigenvalue weighted by molar-refractivity contribution is 0.0927. The van der Waals surface area contributed by atoms with E-state index in [0.717, 1.165) is 12.8 Å². The summed E-state index contributed by atoms with van der Waals surface area (Å²) in [5.74, 6) is 5.92. The molecule has 1 saturated carbocycles. The van der Waals surface area contributed by atoms with Crippen LogP contribution in [0.1, 0.15) is 48.0 Å². The maximum Gasteiger partial charge on any atom is 0.251 e. The first kappa shape index (κ1) is 15.4. The zero-order chi connectivity index (χ0) is 15.1. The number of methoxy groups -OCH3 is 1. The largest absolute Gasteiger partial charge is 0.495 e. The van der Waals surface area contributed by atoms with Gasteiger partial charge in [-0.15, -0.1) is 0 Å². The molecule has 0 unspecified atom stereocenters. The number of aliphatic hydroxyl groups excluding tert-OH is 1. The van der Waals surface area contributed by atoms with E-state index in [1.807, 2.05) is 0 Å². The van der Waals surface area contributed by atoms with Gasteiger partial charge < -0.3 is 15.2 Å². The standard InChI is InChI=1S/C17H21NO3/c1-21-16-10-9-14(12-13(16)6-5-11-19)17(20)18-15-7-3-2-4-8-15/h9-10,12,15,19H,2-4,7-8,11H2,1H3,(H,18,20). The molecule has 0 saturated heterocycles. The van der Waals surface area contributed by atoms with Crippen molar-refractivity contribution in [2.24, 2.45) is 0 Å². The predicted octanol–water partition coefficient (Wildman–Crippen LogP) is 2.10. The topological polar surface area (TPSA) is 58.6 Å². The van der Waals surface area contributed by atoms with Gasteiger partial charge in [0.15, 0.2) is 0 Å². The van der Waals surface area contributed by atoms with Crippen molar-refractivity contribution in [3.8, 4) is 17.6 Å². The van der Waals surface area contributed by atoms with E-state index >= 15 is 0 Å². The average molecular weight is 287 g/mol. The highest BCUT2D eigenvalue weighted by Gasteiger charge is 2.17. The summed E-state index contributed by atoms with van der Waals surface area (Å²) in [5.41, 5.74) is 1.19. The third-order valence-corrected chi connectivity index (χ3v) is 3.70. The van der Waals surface area contributed by atoms with E-state index in [2.05, 4.69) is 17.2 Å². The van der Waals surface area contributed by atoms with Crippen molar-refractivity contribution in [1.29, 1.82) is 0 Å². The fourth-order valence-electron chi connectivity index (χ4n) is 2.60. The molecule has 2 N–H and O–H groups in total. The quantitative estimate of drug-likeness (QED) is 0.837. The van der Waals surface area contributed by atoms with E-state index in [1.54, 1.807) is 25.3 Å². The molecular weight excluding hydrogens is 266 g/mol. The second kappa shape index (κ2) is 7.70. The van der Waals surface area contributed by atoms with E-state index in [-0.39, 0.29) is 18.6 Å². The van der Waals surface area contributed by atoms with Gasteiger partial charge in [-0.1, -0.05) is 31.1 Å². The molecule has 0 aromatic heterocycles. The summed E-state index contributed by atoms with van der Waals surface area (Å²) in [6.07, 6.45) is 5.73. The Morgan fingerprint density at radius 2 is 2.14 bits per heavy atom. The van der Waals surface area contributed by atoms with Crippen LogP contribution in [0.2, 0.25) is 0 Å². The first-order chi connectivity index (χ1) is 10.2. The number of hydrogen-bond acceptors (Lipinski definition) is 3. The van der Waals surface area contributed by atoms with Gasteiger partial charge in [0.25, 0.3) is 5.91 Å². The van der Waals surface area contributed by atoms with Crippen molar-refractivity contribution >= 4 is 5.91 Å². The minimum Gasteiger partial charge on any atom is -0.495 e. The van der Waals surface area contributed by atoms with Crippen LogP contribution < -0.4 is 10.1 Å². The fraction of sp³-hybridized carbons (Fsp3) is 0.471. The molecule has 0 aliphatic heterocycles. The number of ether oxygens (including phenoxy) is 1. The summed E-state index contributed by atoms with van der Waals surface area (Å²) in [6, 6.07) is 5.46. The highest BCUT2D eigenvalue weighted by atomic mass is 16.5. The molecule has 21 heavy (non-hydrogen) atoms. The molecule has 1 aliphatic carbocycles. The Balaban J connectivity index is 2.13. The van der Waals surface area contributed by atoms with Gasteiger partial charge in [-0.25, -0.2) is 0 Å². The molecule has 0 atom stereocenters. The molecule has 0 spiro atoms. The normalized spacial score (nSPS) is 15.0. The maximum absolute atomic E-state index is 12.3. The molecule has 1 aromatic rings. The molecule has 2 rings (SSSR count). The van der Waals surface area contributed by atoms with Crippen LogP contribution in [0.3, 0.4) is 0 Å². The Labute approximate surface area is 125 Å². The SMILES string of the molecule is COc1ccc(C(=O)NC2CCCCC2)cc1C#CCO. The maximum atomic E-state index is 12.3. The minimum absolute atomic E-state index is 0.0726. The summed E-state index contributed by atoms with van der Waals surface area (Å²) in [4.78, 5) is 12.3. The zero-order valence-electron chi connectivity index (χ0n) is 12.3. The Bertz CT molecular complexity index is 551. The van der Waals surface area contributed by atoms with E-state index in [0.29, 0.717) is 16.9 Å². The summed E-state index contributed by atoms with van der Waals surface area (Å²) in [7, 11) is 1.56. The van der Waals surface area contributed by atoms with Gasteiger partial charge in [-0.05, 0) is 31.0 Å². The number of carbonyl (C=O) groups excluding carboxylic acids is 1. The first-order valence-corrected chi connectivity index (χ1v) is 7.33. The van der Waals surface area contributed by atoms with Gasteiger partial charge >= 0.3 is 0 Å². The van der Waals surface area contributed by atoms with Crippen LogP contribution in [0.15, 0.2) is 18.2 Å². The number of aliphatic hydroxyl groups is 1. The fourth-order valence-corrected chi connectivity index (χ4v) is 2.60. The summed E-state index contributed by atoms with van der Waals surface area (Å²) < 4.78 is 5.21. The molecule has 1 fully saturated rings. The number of amides is 1. The lowest BCUT2D eigenvalue weighted by atomic mass is 9.95. The van der Waals surface area contributed by atoms with Crippen molar-refractivity contribution in [3.05, 3.63) is 29.3 Å². The van der Waals surface area contributed by atoms with Crippen LogP contribution in [0.5, 0.6) is 5.75 Å². The van der Waals surface area contributed by atoms with Crippen molar-refractivity contribution < 1.29 is 14.6 Å². The lowest BCUT2D eigenvalue weighted by Gasteiger charge is -2.22. The summed E-state index contributed by atoms with van der Waals surface area (Å²) in [6.45, 7) is -0.221. The number of carbonyl (C=O) groups is 1. The molecular formula is C17H21NO3. The lowest BCUT2D eigenvalue weighted by Crippen LogP contribution is -2.36. The smallest absolute Gasteiger partial charge is 0.251 e. The molecule has 1 amide bonds. The van der Waals surface area contributed by atoms with Crippen LogP contribution in [0.4, 0.5) is 0 Å². The monoisotopic (exact) mass is 287 g/mol. The third kappa shape index (κ3) is 4.24. The van der Waals surface area contributed by atoms with Crippen LogP contribution in [0.25, 0.3) is 0 Å². The van der Waals surface area contributed by atoms with Crippen molar-refractivity contribution in [2.75, 3.05) is 13.7 Å². The van der Waals surface area contributed by atoms with Gasteiger partial charge in [0.05, 0.1) is 12.7 Å². The Kier molecular flexibility index (Phi) is 5.65. The van der Waals surface area contributed by atoms with Gasteiger partial charge in [-0.3, -0.25) is 4.79 Å². The van der Waals surface area contributed by atoms with Crippen molar-refractivity contribution in [2.45, 2.75) is 38.1 Å². The molecule has 1 aliphatic rings. The van der Waals surface area contributed by atoms with Crippen molar-refractivity contribution in [1.82, 2.24) is 5.32 Å². The average Bonchev–Trinajstić information content (AvgIpc) is 2.53. The summed E-state index contributed by atoms with van der Waals surface area (Å²) in [5, 5.41) is 11.9. The van der Waals surface area contributed by atoms with Crippen LogP contribution in [-0.4, -0.2) is 30.8 Å². The minimum atomic E-state index is -0.221. The van der Waals surface area contributed by atoms with Gasteiger partial charge in [-0.2, -0.15) is 0 Å². The molecule has 0 heterocycles. The van der Waals surface area contributed by atoms with Crippen LogP contribution in [0, 0.1) is 11.8 Å². The highest BCUT2D eigenvalue weighted by molar-refractivity contribution is 5.95. The molecule has 4 heteroatoms. The highest BCUT2D eigenvalue weighted by Crippen LogP contribution is 2.21. The van der Waals surface area contributed by atoms with Crippen LogP contribution >= 0.6 is 0 Å². The van der Waals surface area contributed by atoms with Crippen molar-refractivity contribution in [3.63, 3.8) is 0 Å². The number of rotatable bonds is 3. The second-order valence-electron chi connectivity index (χ2n) is 5.18. The zero-order valence-corrected chi connectivity index (χ0v) is 12.3. The van der Waals surface area contributed by atoms with Crippen LogP contribution in [-0.2, 0) is 0 Å². The Morgan fingerprint density at radius 1 is 1.38 bits per heavy atom. The number of hydrogen-bond donors (Lipinski definition) is 2. The molecule has 0 bridgehead atoms. The third-order valence-electron chi connectivity index (χ3n) is 3.70. The predicted molar refractivity (Wildman–Crippen MR) is 81.3 cm³/mol. The number of nitrogens with one attached hydrogen (secondary N) is 1. The molecule has 112 valence electrons. The Morgan fingerprint density at radius 3 is 2.81 bits per heavy atom. The Hall–Kier alpha value is -1.99. The number of benzene rings is 1. The molecule has 1 aromatic carbocycles. The molecule has 0 radical (unpaired) electrons. The molecule has 4 nitrogen and oxygen atoms in total.